The summed E-state index contributed by atoms with van der Waals surface area (Å²) in [6.45, 7) is -0.0130. The normalized spacial score (nSPS) is 11.3. The van der Waals surface area contributed by atoms with Crippen LogP contribution in [0.1, 0.15) is 6.42 Å². The molecule has 4 N–H and O–H groups in total. The lowest BCUT2D eigenvalue weighted by Gasteiger charge is -2.10. The molecule has 0 radical (unpaired) electrons. The summed E-state index contributed by atoms with van der Waals surface area (Å²) < 4.78 is 26.6. The van der Waals surface area contributed by atoms with Crippen LogP contribution in [0.3, 0.4) is 0 Å². The summed E-state index contributed by atoms with van der Waals surface area (Å²) in [5, 5.41) is 2.61. The number of nitrogens with two attached hydrogens (primary N) is 1. The van der Waals surface area contributed by atoms with E-state index < -0.39 is 10.0 Å². The van der Waals surface area contributed by atoms with Crippen LogP contribution < -0.4 is 15.8 Å². The van der Waals surface area contributed by atoms with Crippen LogP contribution >= 0.6 is 27.5 Å². The van der Waals surface area contributed by atoms with E-state index in [-0.39, 0.29) is 39.0 Å². The molecule has 1 aromatic carbocycles. The van der Waals surface area contributed by atoms with Gasteiger partial charge in [-0.2, -0.15) is 0 Å². The molecular weight excluding hydrogens is 358 g/mol. The summed E-state index contributed by atoms with van der Waals surface area (Å²) in [7, 11) is -2.30. The summed E-state index contributed by atoms with van der Waals surface area (Å²) in [6.07, 6.45) is 0.0450. The Balaban J connectivity index is 2.92. The molecule has 0 saturated carbocycles. The minimum atomic E-state index is -3.78. The summed E-state index contributed by atoms with van der Waals surface area (Å²) in [4.78, 5) is 11.0. The van der Waals surface area contributed by atoms with Crippen LogP contribution in [0.15, 0.2) is 21.5 Å². The van der Waals surface area contributed by atoms with Crippen molar-refractivity contribution in [3.05, 3.63) is 21.6 Å². The third kappa shape index (κ3) is 4.34. The number of anilines is 1. The lowest BCUT2D eigenvalue weighted by molar-refractivity contribution is -0.120. The van der Waals surface area contributed by atoms with Crippen molar-refractivity contribution in [1.29, 1.82) is 0 Å². The highest BCUT2D eigenvalue weighted by atomic mass is 79.9. The molecule has 106 valence electrons. The Morgan fingerprint density at radius 1 is 1.47 bits per heavy atom. The van der Waals surface area contributed by atoms with Gasteiger partial charge in [0.15, 0.2) is 0 Å². The SMILES string of the molecule is CNC(=O)CCNS(=O)(=O)c1cc(Cl)cc(N)c1Br. The van der Waals surface area contributed by atoms with Gasteiger partial charge < -0.3 is 11.1 Å². The highest BCUT2D eigenvalue weighted by Gasteiger charge is 2.20. The molecule has 6 nitrogen and oxygen atoms in total. The minimum absolute atomic E-state index is 0.0130. The summed E-state index contributed by atoms with van der Waals surface area (Å²) in [6, 6.07) is 2.72. The second kappa shape index (κ2) is 6.56. The Labute approximate surface area is 124 Å². The molecule has 0 heterocycles. The molecule has 0 atom stereocenters. The predicted octanol–water partition coefficient (Wildman–Crippen LogP) is 1.10. The number of nitrogen functional groups attached to an aromatic ring is 1. The monoisotopic (exact) mass is 369 g/mol. The van der Waals surface area contributed by atoms with Crippen molar-refractivity contribution in [2.75, 3.05) is 19.3 Å². The Kier molecular flexibility index (Phi) is 5.60. The summed E-state index contributed by atoms with van der Waals surface area (Å²) in [5.41, 5.74) is 5.85. The number of carbonyl (C=O) groups excluding carboxylic acids is 1. The fraction of sp³-hybridized carbons (Fsp3) is 0.300. The van der Waals surface area contributed by atoms with E-state index in [1.165, 1.54) is 19.2 Å². The highest BCUT2D eigenvalue weighted by Crippen LogP contribution is 2.31. The predicted molar refractivity (Wildman–Crippen MR) is 77.4 cm³/mol. The van der Waals surface area contributed by atoms with Gasteiger partial charge in [0, 0.05) is 30.7 Å². The van der Waals surface area contributed by atoms with Crippen LogP contribution in [0.5, 0.6) is 0 Å². The molecule has 0 unspecified atom stereocenters. The number of carbonyl (C=O) groups is 1. The van der Waals surface area contributed by atoms with Gasteiger partial charge in [-0.25, -0.2) is 13.1 Å². The van der Waals surface area contributed by atoms with Crippen molar-refractivity contribution in [3.8, 4) is 0 Å². The average molecular weight is 371 g/mol. The van der Waals surface area contributed by atoms with Crippen LogP contribution in [0, 0.1) is 0 Å². The van der Waals surface area contributed by atoms with Crippen molar-refractivity contribution in [1.82, 2.24) is 10.0 Å². The van der Waals surface area contributed by atoms with Crippen LogP contribution in [0.25, 0.3) is 0 Å². The Morgan fingerprint density at radius 3 is 2.68 bits per heavy atom. The third-order valence-electron chi connectivity index (χ3n) is 2.24. The molecule has 0 aromatic heterocycles. The Morgan fingerprint density at radius 2 is 2.11 bits per heavy atom. The zero-order valence-corrected chi connectivity index (χ0v) is 13.2. The maximum Gasteiger partial charge on any atom is 0.241 e. The van der Waals surface area contributed by atoms with Gasteiger partial charge in [0.2, 0.25) is 15.9 Å². The van der Waals surface area contributed by atoms with Crippen LogP contribution in [-0.4, -0.2) is 27.9 Å². The second-order valence-electron chi connectivity index (χ2n) is 3.63. The molecular formula is C10H13BrClN3O3S. The fourth-order valence-corrected chi connectivity index (χ4v) is 3.60. The Bertz CT molecular complexity index is 592. The standard InChI is InChI=1S/C10H13BrClN3O3S/c1-14-9(16)2-3-15-19(17,18)8-5-6(12)4-7(13)10(8)11/h4-5,15H,2-3,13H2,1H3,(H,14,16). The zero-order chi connectivity index (χ0) is 14.6. The van der Waals surface area contributed by atoms with E-state index in [0.29, 0.717) is 0 Å². The number of rotatable bonds is 5. The van der Waals surface area contributed by atoms with E-state index in [0.717, 1.165) is 0 Å². The quantitative estimate of drug-likeness (QED) is 0.676. The largest absolute Gasteiger partial charge is 0.398 e. The van der Waals surface area contributed by atoms with E-state index in [9.17, 15) is 13.2 Å². The molecule has 0 fully saturated rings. The molecule has 0 aliphatic rings. The first-order valence-corrected chi connectivity index (χ1v) is 7.88. The lowest BCUT2D eigenvalue weighted by atomic mass is 10.3. The summed E-state index contributed by atoms with van der Waals surface area (Å²) >= 11 is 8.88. The van der Waals surface area contributed by atoms with E-state index in [4.69, 9.17) is 17.3 Å². The lowest BCUT2D eigenvalue weighted by Crippen LogP contribution is -2.29. The number of hydrogen-bond acceptors (Lipinski definition) is 4. The smallest absolute Gasteiger partial charge is 0.241 e. The molecule has 1 aromatic rings. The van der Waals surface area contributed by atoms with Crippen LogP contribution in [0.2, 0.25) is 5.02 Å². The van der Waals surface area contributed by atoms with Gasteiger partial charge in [-0.15, -0.1) is 0 Å². The molecule has 0 aliphatic carbocycles. The number of sulfonamides is 1. The maximum atomic E-state index is 12.0. The van der Waals surface area contributed by atoms with Gasteiger partial charge >= 0.3 is 0 Å². The van der Waals surface area contributed by atoms with Crippen molar-refractivity contribution < 1.29 is 13.2 Å². The zero-order valence-electron chi connectivity index (χ0n) is 10.0. The van der Waals surface area contributed by atoms with Crippen molar-refractivity contribution in [3.63, 3.8) is 0 Å². The number of nitrogens with one attached hydrogen (secondary N) is 2. The topological polar surface area (TPSA) is 101 Å². The van der Waals surface area contributed by atoms with Gasteiger partial charge in [0.1, 0.15) is 0 Å². The molecule has 1 rings (SSSR count). The van der Waals surface area contributed by atoms with Crippen LogP contribution in [0.4, 0.5) is 5.69 Å². The third-order valence-corrected chi connectivity index (χ3v) is 5.10. The van der Waals surface area contributed by atoms with Gasteiger partial charge in [-0.05, 0) is 28.1 Å². The molecule has 0 saturated heterocycles. The van der Waals surface area contributed by atoms with Gasteiger partial charge in [-0.1, -0.05) is 11.6 Å². The number of halogens is 2. The van der Waals surface area contributed by atoms with E-state index >= 15 is 0 Å². The molecule has 19 heavy (non-hydrogen) atoms. The fourth-order valence-electron chi connectivity index (χ4n) is 1.28. The van der Waals surface area contributed by atoms with Gasteiger partial charge in [0.25, 0.3) is 0 Å². The van der Waals surface area contributed by atoms with Crippen molar-refractivity contribution >= 4 is 49.1 Å². The van der Waals surface area contributed by atoms with E-state index in [1.54, 1.807) is 0 Å². The van der Waals surface area contributed by atoms with Crippen molar-refractivity contribution in [2.24, 2.45) is 0 Å². The van der Waals surface area contributed by atoms with Gasteiger partial charge in [0.05, 0.1) is 9.37 Å². The first kappa shape index (κ1) is 16.2. The van der Waals surface area contributed by atoms with Crippen LogP contribution in [-0.2, 0) is 14.8 Å². The second-order valence-corrected chi connectivity index (χ2v) is 6.59. The van der Waals surface area contributed by atoms with Gasteiger partial charge in [-0.3, -0.25) is 4.79 Å². The molecule has 0 bridgehead atoms. The molecule has 0 aliphatic heterocycles. The molecule has 9 heteroatoms. The minimum Gasteiger partial charge on any atom is -0.398 e. The van der Waals surface area contributed by atoms with E-state index in [1.807, 2.05) is 0 Å². The maximum absolute atomic E-state index is 12.0. The summed E-state index contributed by atoms with van der Waals surface area (Å²) in [5.74, 6) is -0.257. The van der Waals surface area contributed by atoms with E-state index in [2.05, 4.69) is 26.0 Å². The molecule has 1 amide bonds. The number of amides is 1. The number of hydrogen-bond donors (Lipinski definition) is 3. The first-order valence-electron chi connectivity index (χ1n) is 5.22. The van der Waals surface area contributed by atoms with Crippen molar-refractivity contribution in [2.45, 2.75) is 11.3 Å². The highest BCUT2D eigenvalue weighted by molar-refractivity contribution is 9.10. The Hall–Kier alpha value is -0.830. The number of benzene rings is 1. The molecule has 0 spiro atoms. The first-order chi connectivity index (χ1) is 8.77. The average Bonchev–Trinajstić information content (AvgIpc) is 2.33.